The molecule has 2 atom stereocenters. The molecule has 0 spiro atoms. The van der Waals surface area contributed by atoms with Crippen molar-refractivity contribution in [3.05, 3.63) is 35.4 Å². The van der Waals surface area contributed by atoms with Crippen molar-refractivity contribution in [2.24, 2.45) is 0 Å². The van der Waals surface area contributed by atoms with E-state index < -0.39 is 0 Å². The molecular weight excluding hydrogens is 264 g/mol. The molecule has 2 unspecified atom stereocenters. The lowest BCUT2D eigenvalue weighted by molar-refractivity contribution is 0.162. The first-order valence-electron chi connectivity index (χ1n) is 8.20. The van der Waals surface area contributed by atoms with Crippen molar-refractivity contribution in [2.45, 2.75) is 63.7 Å². The molecule has 0 bridgehead atoms. The van der Waals surface area contributed by atoms with E-state index in [1.165, 1.54) is 54.7 Å². The summed E-state index contributed by atoms with van der Waals surface area (Å²) in [4.78, 5) is 0. The van der Waals surface area contributed by atoms with Crippen LogP contribution in [0.25, 0.3) is 0 Å². The molecule has 1 N–H and O–H groups in total. The van der Waals surface area contributed by atoms with Gasteiger partial charge in [-0.2, -0.15) is 0 Å². The molecule has 0 saturated heterocycles. The van der Waals surface area contributed by atoms with Gasteiger partial charge in [-0.15, -0.1) is 0 Å². The topological polar surface area (TPSA) is 20.2 Å². The Balaban J connectivity index is 2.09. The minimum atomic E-state index is -0.225. The van der Waals surface area contributed by atoms with Crippen LogP contribution in [0, 0.1) is 0 Å². The van der Waals surface area contributed by atoms with Gasteiger partial charge in [0.2, 0.25) is 0 Å². The molecule has 0 amide bonds. The van der Waals surface area contributed by atoms with Gasteiger partial charge >= 0.3 is 0 Å². The van der Waals surface area contributed by atoms with Gasteiger partial charge in [0.25, 0.3) is 0 Å². The fraction of sp³-hybridized carbons (Fsp3) is 0.667. The van der Waals surface area contributed by atoms with E-state index in [0.717, 1.165) is 6.42 Å². The largest absolute Gasteiger partial charge is 0.383 e. The summed E-state index contributed by atoms with van der Waals surface area (Å²) in [5, 5.41) is 11.3. The molecule has 0 aromatic heterocycles. The number of benzene rings is 1. The molecule has 1 aliphatic rings. The molecule has 1 aromatic carbocycles. The highest BCUT2D eigenvalue weighted by Gasteiger charge is 2.39. The average Bonchev–Trinajstić information content (AvgIpc) is 2.49. The highest BCUT2D eigenvalue weighted by atomic mass is 32.2. The van der Waals surface area contributed by atoms with Gasteiger partial charge in [-0.05, 0) is 41.3 Å². The Morgan fingerprint density at radius 1 is 1.10 bits per heavy atom. The summed E-state index contributed by atoms with van der Waals surface area (Å²) in [6.45, 7) is 4.54. The number of fused-ring (bicyclic) bond motifs is 1. The number of aliphatic hydroxyl groups excluding tert-OH is 1. The van der Waals surface area contributed by atoms with Crippen LogP contribution in [-0.4, -0.2) is 21.9 Å². The third-order valence-electron chi connectivity index (χ3n) is 4.37. The van der Waals surface area contributed by atoms with E-state index in [0.29, 0.717) is 16.1 Å². The van der Waals surface area contributed by atoms with E-state index in [1.54, 1.807) is 0 Å². The maximum atomic E-state index is 10.8. The Morgan fingerprint density at radius 3 is 2.40 bits per heavy atom. The Labute approximate surface area is 127 Å². The summed E-state index contributed by atoms with van der Waals surface area (Å²) in [5.74, 6) is 2.64. The van der Waals surface area contributed by atoms with Crippen molar-refractivity contribution in [1.29, 1.82) is 0 Å². The van der Waals surface area contributed by atoms with Gasteiger partial charge in [-0.25, -0.2) is 0 Å². The number of hydrogen-bond acceptors (Lipinski definition) is 1. The zero-order valence-corrected chi connectivity index (χ0v) is 13.8. The Hall–Kier alpha value is -0.470. The number of rotatable bonds is 7. The monoisotopic (exact) mass is 293 g/mol. The lowest BCUT2D eigenvalue weighted by Crippen LogP contribution is -2.36. The molecule has 2 heteroatoms. The molecule has 0 radical (unpaired) electrons. The van der Waals surface area contributed by atoms with Gasteiger partial charge in [0.1, 0.15) is 22.9 Å². The number of aliphatic hydroxyl groups is 1. The maximum absolute atomic E-state index is 10.8. The van der Waals surface area contributed by atoms with Crippen LogP contribution < -0.4 is 0 Å². The van der Waals surface area contributed by atoms with Gasteiger partial charge in [-0.1, -0.05) is 51.0 Å². The van der Waals surface area contributed by atoms with Crippen LogP contribution >= 0.6 is 0 Å². The predicted octanol–water partition coefficient (Wildman–Crippen LogP) is 4.25. The molecule has 20 heavy (non-hydrogen) atoms. The summed E-state index contributed by atoms with van der Waals surface area (Å²) in [5.41, 5.74) is 2.57. The van der Waals surface area contributed by atoms with E-state index in [4.69, 9.17) is 0 Å². The first kappa shape index (κ1) is 15.9. The fourth-order valence-corrected chi connectivity index (χ4v) is 6.21. The minimum Gasteiger partial charge on any atom is -0.383 e. The Kier molecular flexibility index (Phi) is 6.44. The quantitative estimate of drug-likeness (QED) is 0.745. The number of hydrogen-bond donors (Lipinski definition) is 1. The second-order valence-electron chi connectivity index (χ2n) is 5.87. The van der Waals surface area contributed by atoms with Crippen LogP contribution in [0.2, 0.25) is 0 Å². The Bertz CT molecular complexity index is 396. The Morgan fingerprint density at radius 2 is 1.75 bits per heavy atom. The molecule has 1 aliphatic carbocycles. The molecule has 1 aromatic rings. The van der Waals surface area contributed by atoms with Crippen molar-refractivity contribution < 1.29 is 5.11 Å². The second-order valence-corrected chi connectivity index (χ2v) is 8.37. The lowest BCUT2D eigenvalue weighted by Gasteiger charge is -2.30. The summed E-state index contributed by atoms with van der Waals surface area (Å²) < 4.78 is 0. The van der Waals surface area contributed by atoms with Crippen molar-refractivity contribution in [1.82, 2.24) is 0 Å². The van der Waals surface area contributed by atoms with Crippen LogP contribution in [0.3, 0.4) is 0 Å². The van der Waals surface area contributed by atoms with E-state index in [9.17, 15) is 5.11 Å². The van der Waals surface area contributed by atoms with Crippen molar-refractivity contribution >= 4 is 10.9 Å². The second kappa shape index (κ2) is 8.09. The summed E-state index contributed by atoms with van der Waals surface area (Å²) in [7, 11) is 0.402. The van der Waals surface area contributed by atoms with Crippen LogP contribution in [0.5, 0.6) is 0 Å². The highest BCUT2D eigenvalue weighted by molar-refractivity contribution is 7.97. The molecule has 1 nitrogen and oxygen atoms in total. The first-order chi connectivity index (χ1) is 9.77. The van der Waals surface area contributed by atoms with E-state index >= 15 is 0 Å². The normalized spacial score (nSPS) is 22.0. The molecule has 112 valence electrons. The van der Waals surface area contributed by atoms with E-state index in [2.05, 4.69) is 38.1 Å². The third kappa shape index (κ3) is 3.79. The third-order valence-corrected chi connectivity index (χ3v) is 7.35. The van der Waals surface area contributed by atoms with Crippen molar-refractivity contribution in [3.63, 3.8) is 0 Å². The highest BCUT2D eigenvalue weighted by Crippen LogP contribution is 2.35. The lowest BCUT2D eigenvalue weighted by atomic mass is 9.89. The molecule has 0 heterocycles. The standard InChI is InChI=1S/C18H29OS/c1-3-5-13-20(14-6-4-2)17-12-11-15-9-7-8-10-16(15)18(17)19/h7-10,17-19H,3-6,11-14H2,1-2H3/q+1. The summed E-state index contributed by atoms with van der Waals surface area (Å²) in [6.07, 6.45) is 7.28. The van der Waals surface area contributed by atoms with Crippen molar-refractivity contribution in [2.75, 3.05) is 11.5 Å². The number of unbranched alkanes of at least 4 members (excludes halogenated alkanes) is 2. The zero-order chi connectivity index (χ0) is 14.4. The van der Waals surface area contributed by atoms with Crippen molar-refractivity contribution in [3.8, 4) is 0 Å². The number of aryl methyl sites for hydroxylation is 1. The molecular formula is C18H29OS+. The van der Waals surface area contributed by atoms with E-state index in [1.807, 2.05) is 0 Å². The molecule has 2 rings (SSSR count). The molecule has 0 fully saturated rings. The SMILES string of the molecule is CCCC[S+](CCCC)C1CCc2ccccc2C1O. The fourth-order valence-electron chi connectivity index (χ4n) is 3.12. The smallest absolute Gasteiger partial charge is 0.148 e. The maximum Gasteiger partial charge on any atom is 0.148 e. The van der Waals surface area contributed by atoms with Gasteiger partial charge in [0, 0.05) is 6.42 Å². The summed E-state index contributed by atoms with van der Waals surface area (Å²) >= 11 is 0. The van der Waals surface area contributed by atoms with Gasteiger partial charge < -0.3 is 5.11 Å². The first-order valence-corrected chi connectivity index (χ1v) is 9.82. The van der Waals surface area contributed by atoms with Gasteiger partial charge in [-0.3, -0.25) is 0 Å². The van der Waals surface area contributed by atoms with Gasteiger partial charge in [0.05, 0.1) is 0 Å². The van der Waals surface area contributed by atoms with Gasteiger partial charge in [0.15, 0.2) is 0 Å². The van der Waals surface area contributed by atoms with Crippen LogP contribution in [-0.2, 0) is 17.3 Å². The van der Waals surface area contributed by atoms with Crippen LogP contribution in [0.15, 0.2) is 24.3 Å². The van der Waals surface area contributed by atoms with E-state index in [-0.39, 0.29) is 6.10 Å². The zero-order valence-electron chi connectivity index (χ0n) is 13.0. The summed E-state index contributed by atoms with van der Waals surface area (Å²) in [6, 6.07) is 8.48. The average molecular weight is 293 g/mol. The van der Waals surface area contributed by atoms with Crippen LogP contribution in [0.4, 0.5) is 0 Å². The molecule has 0 aliphatic heterocycles. The molecule has 0 saturated carbocycles. The predicted molar refractivity (Wildman–Crippen MR) is 90.4 cm³/mol. The minimum absolute atomic E-state index is 0.225. The van der Waals surface area contributed by atoms with Crippen LogP contribution in [0.1, 0.15) is 63.2 Å².